The van der Waals surface area contributed by atoms with Gasteiger partial charge in [-0.05, 0) is 13.3 Å². The predicted octanol–water partition coefficient (Wildman–Crippen LogP) is 5.61. The number of hydrogen-bond acceptors (Lipinski definition) is 0. The molecule has 0 atom stereocenters. The molecule has 0 saturated carbocycles. The second kappa shape index (κ2) is 12.5. The first-order valence-electron chi connectivity index (χ1n) is 5.86. The van der Waals surface area contributed by atoms with Crippen molar-refractivity contribution in [3.05, 3.63) is 24.3 Å². The predicted molar refractivity (Wildman–Crippen MR) is 70.7 cm³/mol. The lowest BCUT2D eigenvalue weighted by Gasteiger charge is -2.22. The van der Waals surface area contributed by atoms with E-state index in [-0.39, 0.29) is 5.41 Å². The van der Waals surface area contributed by atoms with E-state index >= 15 is 0 Å². The molecule has 0 aromatic heterocycles. The van der Waals surface area contributed by atoms with Gasteiger partial charge in [-0.3, -0.25) is 0 Å². The molecule has 0 aromatic rings. The summed E-state index contributed by atoms with van der Waals surface area (Å²) < 4.78 is 0. The molecule has 14 heavy (non-hydrogen) atoms. The van der Waals surface area contributed by atoms with Crippen molar-refractivity contribution in [3.8, 4) is 0 Å². The highest BCUT2D eigenvalue weighted by molar-refractivity contribution is 5.15. The minimum atomic E-state index is 0.184. The fraction of sp³-hybridized carbons (Fsp3) is 0.714. The maximum absolute atomic E-state index is 4.01. The molecule has 0 radical (unpaired) electrons. The summed E-state index contributed by atoms with van der Waals surface area (Å²) in [5, 5.41) is 0. The molecule has 0 heterocycles. The van der Waals surface area contributed by atoms with Crippen LogP contribution in [0.25, 0.3) is 0 Å². The zero-order chi connectivity index (χ0) is 12.2. The molecule has 0 saturated heterocycles. The Morgan fingerprint density at radius 2 is 1.50 bits per heavy atom. The zero-order valence-electron chi connectivity index (χ0n) is 11.6. The maximum Gasteiger partial charge on any atom is 0.00313 e. The van der Waals surface area contributed by atoms with E-state index in [2.05, 4.69) is 39.5 Å². The molecule has 0 heteroatoms. The van der Waals surface area contributed by atoms with Crippen LogP contribution in [0.3, 0.4) is 0 Å². The van der Waals surface area contributed by atoms with Crippen LogP contribution in [0.4, 0.5) is 0 Å². The van der Waals surface area contributed by atoms with E-state index in [4.69, 9.17) is 0 Å². The molecule has 0 aromatic carbocycles. The average Bonchev–Trinajstić information content (AvgIpc) is 2.22. The van der Waals surface area contributed by atoms with Crippen molar-refractivity contribution in [2.24, 2.45) is 5.41 Å². The van der Waals surface area contributed by atoms with Crippen molar-refractivity contribution >= 4 is 0 Å². The minimum Gasteiger partial charge on any atom is -0.0990 e. The van der Waals surface area contributed by atoms with Crippen LogP contribution in [0.1, 0.15) is 61.8 Å². The van der Waals surface area contributed by atoms with Crippen molar-refractivity contribution in [1.29, 1.82) is 0 Å². The smallest absolute Gasteiger partial charge is 0.00313 e. The Kier molecular flexibility index (Phi) is 17.0. The minimum absolute atomic E-state index is 0.184. The molecular weight excluding hydrogens is 168 g/mol. The lowest BCUT2D eigenvalue weighted by Crippen LogP contribution is -2.09. The van der Waals surface area contributed by atoms with E-state index < -0.39 is 0 Å². The maximum atomic E-state index is 4.01. The van der Waals surface area contributed by atoms with Gasteiger partial charge < -0.3 is 0 Å². The molecule has 0 N–H and O–H groups in total. The fourth-order valence-electron chi connectivity index (χ4n) is 0.990. The summed E-state index contributed by atoms with van der Waals surface area (Å²) in [5.74, 6) is 0. The Morgan fingerprint density at radius 1 is 1.14 bits per heavy atom. The van der Waals surface area contributed by atoms with Crippen molar-refractivity contribution in [3.63, 3.8) is 0 Å². The molecule has 0 unspecified atom stereocenters. The van der Waals surface area contributed by atoms with Crippen molar-refractivity contribution in [1.82, 2.24) is 0 Å². The van der Waals surface area contributed by atoms with Gasteiger partial charge in [-0.1, -0.05) is 72.8 Å². The molecular formula is C14H30. The molecule has 0 aliphatic heterocycles. The molecule has 0 fully saturated rings. The lowest BCUT2D eigenvalue weighted by molar-refractivity contribution is 0.561. The normalized spacial score (nSPS) is 9.71. The largest absolute Gasteiger partial charge is 0.0990 e. The summed E-state index contributed by atoms with van der Waals surface area (Å²) >= 11 is 0. The third-order valence-electron chi connectivity index (χ3n) is 1.92. The van der Waals surface area contributed by atoms with Gasteiger partial charge in [-0.2, -0.15) is 0 Å². The van der Waals surface area contributed by atoms with Gasteiger partial charge in [0, 0.05) is 5.41 Å². The van der Waals surface area contributed by atoms with Gasteiger partial charge in [0.1, 0.15) is 0 Å². The molecule has 0 amide bonds. The Hall–Kier alpha value is -0.520. The van der Waals surface area contributed by atoms with Crippen LogP contribution in [0.2, 0.25) is 0 Å². The van der Waals surface area contributed by atoms with Gasteiger partial charge in [0.2, 0.25) is 0 Å². The van der Waals surface area contributed by atoms with Crippen LogP contribution in [-0.2, 0) is 0 Å². The number of hydrogen-bond donors (Lipinski definition) is 0. The van der Waals surface area contributed by atoms with Gasteiger partial charge in [0.15, 0.2) is 0 Å². The highest BCUT2D eigenvalue weighted by Crippen LogP contribution is 2.28. The van der Waals surface area contributed by atoms with Crippen LogP contribution in [0.5, 0.6) is 0 Å². The first kappa shape index (κ1) is 19.1. The third-order valence-corrected chi connectivity index (χ3v) is 1.92. The Balaban J connectivity index is -0.000000266. The second-order valence-corrected chi connectivity index (χ2v) is 3.18. The van der Waals surface area contributed by atoms with E-state index in [9.17, 15) is 0 Å². The SMILES string of the molecule is C=C(CC)C(C)(C)/C=C\C.CC.CC. The zero-order valence-corrected chi connectivity index (χ0v) is 11.6. The van der Waals surface area contributed by atoms with E-state index in [0.717, 1.165) is 6.42 Å². The Labute approximate surface area is 92.1 Å². The van der Waals surface area contributed by atoms with Crippen LogP contribution in [-0.4, -0.2) is 0 Å². The van der Waals surface area contributed by atoms with Crippen LogP contribution in [0, 0.1) is 5.41 Å². The first-order valence-corrected chi connectivity index (χ1v) is 5.86. The average molecular weight is 198 g/mol. The number of rotatable bonds is 3. The summed E-state index contributed by atoms with van der Waals surface area (Å²) in [5.41, 5.74) is 1.48. The summed E-state index contributed by atoms with van der Waals surface area (Å²) in [6.45, 7) is 20.6. The van der Waals surface area contributed by atoms with E-state index in [1.165, 1.54) is 5.57 Å². The van der Waals surface area contributed by atoms with Crippen molar-refractivity contribution < 1.29 is 0 Å². The molecule has 0 nitrogen and oxygen atoms in total. The highest BCUT2D eigenvalue weighted by atomic mass is 14.2. The quantitative estimate of drug-likeness (QED) is 0.517. The Morgan fingerprint density at radius 3 is 1.71 bits per heavy atom. The van der Waals surface area contributed by atoms with Gasteiger partial charge in [-0.25, -0.2) is 0 Å². The molecule has 0 aliphatic carbocycles. The van der Waals surface area contributed by atoms with Crippen molar-refractivity contribution in [2.45, 2.75) is 61.8 Å². The van der Waals surface area contributed by atoms with Gasteiger partial charge in [-0.15, -0.1) is 0 Å². The fourth-order valence-corrected chi connectivity index (χ4v) is 0.990. The van der Waals surface area contributed by atoms with Gasteiger partial charge in [0.25, 0.3) is 0 Å². The lowest BCUT2D eigenvalue weighted by atomic mass is 9.83. The van der Waals surface area contributed by atoms with E-state index in [1.807, 2.05) is 34.6 Å². The van der Waals surface area contributed by atoms with Crippen LogP contribution >= 0.6 is 0 Å². The van der Waals surface area contributed by atoms with E-state index in [0.29, 0.717) is 0 Å². The topological polar surface area (TPSA) is 0 Å². The number of allylic oxidation sites excluding steroid dienone is 3. The van der Waals surface area contributed by atoms with Crippen LogP contribution < -0.4 is 0 Å². The highest BCUT2D eigenvalue weighted by Gasteiger charge is 2.15. The first-order chi connectivity index (χ1) is 6.54. The second-order valence-electron chi connectivity index (χ2n) is 3.18. The standard InChI is InChI=1S/C10H18.2C2H6/c1-6-8-10(4,5)9(3)7-2;2*1-2/h6,8H,3,7H2,1-2,4-5H3;2*1-2H3/b8-6-;;. The summed E-state index contributed by atoms with van der Waals surface area (Å²) in [4.78, 5) is 0. The molecule has 0 rings (SSSR count). The van der Waals surface area contributed by atoms with Crippen LogP contribution in [0.15, 0.2) is 24.3 Å². The molecule has 0 spiro atoms. The molecule has 86 valence electrons. The van der Waals surface area contributed by atoms with Crippen molar-refractivity contribution in [2.75, 3.05) is 0 Å². The Bertz CT molecular complexity index is 138. The van der Waals surface area contributed by atoms with Gasteiger partial charge in [0.05, 0.1) is 0 Å². The monoisotopic (exact) mass is 198 g/mol. The summed E-state index contributed by atoms with van der Waals surface area (Å²) in [6, 6.07) is 0. The van der Waals surface area contributed by atoms with E-state index in [1.54, 1.807) is 0 Å². The molecule has 0 aliphatic rings. The third kappa shape index (κ3) is 9.57. The summed E-state index contributed by atoms with van der Waals surface area (Å²) in [7, 11) is 0. The molecule has 0 bridgehead atoms. The summed E-state index contributed by atoms with van der Waals surface area (Å²) in [6.07, 6.45) is 5.34. The van der Waals surface area contributed by atoms with Gasteiger partial charge >= 0.3 is 0 Å².